The minimum atomic E-state index is -4.87. The molecule has 1 heterocycles. The molecule has 0 saturated heterocycles. The van der Waals surface area contributed by atoms with E-state index in [-0.39, 0.29) is 34.8 Å². The molecule has 1 aromatic heterocycles. The summed E-state index contributed by atoms with van der Waals surface area (Å²) in [5.41, 5.74) is -1.53. The van der Waals surface area contributed by atoms with Gasteiger partial charge in [-0.1, -0.05) is 41.9 Å². The van der Waals surface area contributed by atoms with Gasteiger partial charge in [0.15, 0.2) is 0 Å². The van der Waals surface area contributed by atoms with Gasteiger partial charge in [0.1, 0.15) is 21.3 Å². The monoisotopic (exact) mass is 532 g/mol. The number of sulfone groups is 1. The van der Waals surface area contributed by atoms with Gasteiger partial charge < -0.3 is 14.6 Å². The van der Waals surface area contributed by atoms with Crippen molar-refractivity contribution in [2.24, 2.45) is 0 Å². The van der Waals surface area contributed by atoms with Crippen LogP contribution in [0.5, 0.6) is 5.88 Å². The number of rotatable bonds is 7. The molecule has 12 heteroatoms. The van der Waals surface area contributed by atoms with Crippen LogP contribution in [0.2, 0.25) is 5.02 Å². The molecule has 3 rings (SSSR count). The zero-order valence-corrected chi connectivity index (χ0v) is 20.2. The van der Waals surface area contributed by atoms with E-state index in [2.05, 4.69) is 5.32 Å². The Morgan fingerprint density at radius 3 is 2.37 bits per heavy atom. The molecule has 0 fully saturated rings. The summed E-state index contributed by atoms with van der Waals surface area (Å²) in [6, 6.07) is 11.6. The number of amides is 1. The maximum atomic E-state index is 14.8. The number of carbonyl (C=O) groups is 1. The van der Waals surface area contributed by atoms with Crippen LogP contribution in [0.25, 0.3) is 11.1 Å². The largest absolute Gasteiger partial charge is 0.431 e. The van der Waals surface area contributed by atoms with Crippen LogP contribution in [0.1, 0.15) is 16.8 Å². The fourth-order valence-corrected chi connectivity index (χ4v) is 4.21. The highest BCUT2D eigenvalue weighted by molar-refractivity contribution is 7.90. The third-order valence-electron chi connectivity index (χ3n) is 5.04. The maximum absolute atomic E-state index is 14.8. The molecule has 3 aromatic rings. The SMILES string of the molecule is Cc1c(-c2ccc(Cl)cc2F)c(OC(=O)NCCS(C)(=O)=O)n(Cc2ccccc2)c1C(F)(F)F. The van der Waals surface area contributed by atoms with Gasteiger partial charge in [0.05, 0.1) is 17.9 Å². The Bertz CT molecular complexity index is 1340. The first-order chi connectivity index (χ1) is 16.3. The van der Waals surface area contributed by atoms with E-state index in [0.29, 0.717) is 5.56 Å². The van der Waals surface area contributed by atoms with Crippen molar-refractivity contribution in [3.05, 3.63) is 76.2 Å². The van der Waals surface area contributed by atoms with E-state index in [1.165, 1.54) is 12.1 Å². The Hall–Kier alpha value is -3.05. The topological polar surface area (TPSA) is 77.4 Å². The fraction of sp³-hybridized carbons (Fsp3) is 0.261. The molecule has 0 spiro atoms. The molecule has 1 N–H and O–H groups in total. The highest BCUT2D eigenvalue weighted by atomic mass is 35.5. The van der Waals surface area contributed by atoms with Crippen LogP contribution in [0.4, 0.5) is 22.4 Å². The number of alkyl halides is 3. The second-order valence-corrected chi connectivity index (χ2v) is 10.5. The first kappa shape index (κ1) is 26.6. The summed E-state index contributed by atoms with van der Waals surface area (Å²) < 4.78 is 86.1. The predicted octanol–water partition coefficient (Wildman–Crippen LogP) is 5.46. The van der Waals surface area contributed by atoms with Crippen LogP contribution in [0, 0.1) is 12.7 Å². The van der Waals surface area contributed by atoms with Crippen LogP contribution in [-0.2, 0) is 22.6 Å². The van der Waals surface area contributed by atoms with Crippen LogP contribution in [0.3, 0.4) is 0 Å². The Kier molecular flexibility index (Phi) is 7.80. The van der Waals surface area contributed by atoms with E-state index in [0.717, 1.165) is 23.8 Å². The molecular formula is C23H21ClF4N2O4S. The molecule has 0 aliphatic heterocycles. The Morgan fingerprint density at radius 2 is 1.80 bits per heavy atom. The van der Waals surface area contributed by atoms with Crippen LogP contribution < -0.4 is 10.1 Å². The molecule has 6 nitrogen and oxygen atoms in total. The minimum Gasteiger partial charge on any atom is -0.392 e. The summed E-state index contributed by atoms with van der Waals surface area (Å²) in [5, 5.41) is 2.23. The zero-order valence-electron chi connectivity index (χ0n) is 18.6. The number of hydrogen-bond acceptors (Lipinski definition) is 4. The van der Waals surface area contributed by atoms with Gasteiger partial charge in [-0.3, -0.25) is 0 Å². The second kappa shape index (κ2) is 10.3. The highest BCUT2D eigenvalue weighted by Crippen LogP contribution is 2.45. The summed E-state index contributed by atoms with van der Waals surface area (Å²) in [6.45, 7) is 0.493. The normalized spacial score (nSPS) is 12.0. The van der Waals surface area contributed by atoms with Gasteiger partial charge in [0.2, 0.25) is 5.88 Å². The van der Waals surface area contributed by atoms with E-state index in [4.69, 9.17) is 16.3 Å². The van der Waals surface area contributed by atoms with Crippen molar-refractivity contribution in [2.75, 3.05) is 18.6 Å². The van der Waals surface area contributed by atoms with Crippen LogP contribution in [0.15, 0.2) is 48.5 Å². The van der Waals surface area contributed by atoms with Crippen molar-refractivity contribution in [2.45, 2.75) is 19.6 Å². The Morgan fingerprint density at radius 1 is 1.14 bits per heavy atom. The summed E-state index contributed by atoms with van der Waals surface area (Å²) in [5.74, 6) is -1.86. The lowest BCUT2D eigenvalue weighted by Crippen LogP contribution is -2.32. The van der Waals surface area contributed by atoms with Gasteiger partial charge >= 0.3 is 12.3 Å². The number of carbonyl (C=O) groups excluding carboxylic acids is 1. The zero-order chi connectivity index (χ0) is 26.0. The summed E-state index contributed by atoms with van der Waals surface area (Å²) >= 11 is 5.81. The Balaban J connectivity index is 2.18. The lowest BCUT2D eigenvalue weighted by atomic mass is 10.0. The number of ether oxygens (including phenoxy) is 1. The first-order valence-electron chi connectivity index (χ1n) is 10.2. The standard InChI is InChI=1S/C23H21ClF4N2O4S/c1-14-19(17-9-8-16(24)12-18(17)25)21(34-22(31)29-10-11-35(2,32)33)30(20(14)23(26,27)28)13-15-6-4-3-5-7-15/h3-9,12H,10-11,13H2,1-2H3,(H,29,31). The third-order valence-corrected chi connectivity index (χ3v) is 6.22. The van der Waals surface area contributed by atoms with E-state index in [1.807, 2.05) is 0 Å². The number of halogens is 5. The summed E-state index contributed by atoms with van der Waals surface area (Å²) in [6.07, 6.45) is -5.10. The van der Waals surface area contributed by atoms with E-state index >= 15 is 0 Å². The molecule has 1 amide bonds. The van der Waals surface area contributed by atoms with E-state index in [9.17, 15) is 30.8 Å². The van der Waals surface area contributed by atoms with Crippen molar-refractivity contribution in [3.8, 4) is 17.0 Å². The van der Waals surface area contributed by atoms with Crippen molar-refractivity contribution in [3.63, 3.8) is 0 Å². The highest BCUT2D eigenvalue weighted by Gasteiger charge is 2.41. The molecule has 0 aliphatic carbocycles. The number of aromatic nitrogens is 1. The number of nitrogens with one attached hydrogen (secondary N) is 1. The molecule has 0 radical (unpaired) electrons. The van der Waals surface area contributed by atoms with Crippen LogP contribution >= 0.6 is 11.6 Å². The minimum absolute atomic E-state index is 0.0321. The molecule has 0 atom stereocenters. The lowest BCUT2D eigenvalue weighted by molar-refractivity contribution is -0.144. The molecule has 0 unspecified atom stereocenters. The second-order valence-electron chi connectivity index (χ2n) is 7.79. The lowest BCUT2D eigenvalue weighted by Gasteiger charge is -2.16. The Labute approximate surface area is 204 Å². The van der Waals surface area contributed by atoms with Crippen molar-refractivity contribution in [1.29, 1.82) is 0 Å². The molecular weight excluding hydrogens is 512 g/mol. The number of benzene rings is 2. The van der Waals surface area contributed by atoms with Gasteiger partial charge in [-0.25, -0.2) is 17.6 Å². The van der Waals surface area contributed by atoms with Crippen molar-refractivity contribution >= 4 is 27.5 Å². The quantitative estimate of drug-likeness (QED) is 0.410. The molecule has 188 valence electrons. The molecule has 2 aromatic carbocycles. The smallest absolute Gasteiger partial charge is 0.392 e. The fourth-order valence-electron chi connectivity index (χ4n) is 3.58. The summed E-state index contributed by atoms with van der Waals surface area (Å²) in [7, 11) is -3.41. The maximum Gasteiger partial charge on any atom is 0.431 e. The molecule has 0 bridgehead atoms. The number of nitrogens with zero attached hydrogens (tertiary/aromatic N) is 1. The average molecular weight is 533 g/mol. The third kappa shape index (κ3) is 6.55. The first-order valence-corrected chi connectivity index (χ1v) is 12.6. The van der Waals surface area contributed by atoms with Crippen LogP contribution in [-0.4, -0.2) is 37.6 Å². The molecule has 0 aliphatic rings. The van der Waals surface area contributed by atoms with Gasteiger partial charge in [0, 0.05) is 23.4 Å². The average Bonchev–Trinajstić information content (AvgIpc) is 2.99. The predicted molar refractivity (Wildman–Crippen MR) is 124 cm³/mol. The van der Waals surface area contributed by atoms with Gasteiger partial charge in [-0.2, -0.15) is 13.2 Å². The van der Waals surface area contributed by atoms with Crippen molar-refractivity contribution in [1.82, 2.24) is 9.88 Å². The van der Waals surface area contributed by atoms with Gasteiger partial charge in [-0.05, 0) is 36.2 Å². The van der Waals surface area contributed by atoms with Crippen molar-refractivity contribution < 1.29 is 35.5 Å². The van der Waals surface area contributed by atoms with E-state index < -0.39 is 45.3 Å². The van der Waals surface area contributed by atoms with E-state index in [1.54, 1.807) is 30.3 Å². The van der Waals surface area contributed by atoms with Gasteiger partial charge in [-0.15, -0.1) is 0 Å². The summed E-state index contributed by atoms with van der Waals surface area (Å²) in [4.78, 5) is 12.5. The molecule has 35 heavy (non-hydrogen) atoms. The molecule has 0 saturated carbocycles. The number of hydrogen-bond donors (Lipinski definition) is 1. The van der Waals surface area contributed by atoms with Gasteiger partial charge in [0.25, 0.3) is 0 Å².